The van der Waals surface area contributed by atoms with Crippen molar-refractivity contribution in [3.63, 3.8) is 0 Å². The van der Waals surface area contributed by atoms with E-state index in [9.17, 15) is 10.1 Å². The first-order chi connectivity index (χ1) is 10.5. The molecule has 2 rings (SSSR count). The lowest BCUT2D eigenvalue weighted by atomic mass is 10.2. The maximum absolute atomic E-state index is 10.8. The number of methoxy groups -OCH3 is 1. The van der Waals surface area contributed by atoms with Gasteiger partial charge in [-0.05, 0) is 24.4 Å². The van der Waals surface area contributed by atoms with Gasteiger partial charge in [-0.25, -0.2) is 0 Å². The second-order valence-corrected chi connectivity index (χ2v) is 4.80. The first kappa shape index (κ1) is 15.7. The summed E-state index contributed by atoms with van der Waals surface area (Å²) < 4.78 is 6.88. The van der Waals surface area contributed by atoms with E-state index in [0.717, 1.165) is 5.69 Å². The normalized spacial score (nSPS) is 10.1. The largest absolute Gasteiger partial charge is 0.494 e. The van der Waals surface area contributed by atoms with E-state index in [1.807, 2.05) is 13.1 Å². The second-order valence-electron chi connectivity index (χ2n) is 4.40. The Morgan fingerprint density at radius 1 is 1.50 bits per heavy atom. The summed E-state index contributed by atoms with van der Waals surface area (Å²) in [5.74, 6) is 0.346. The number of aromatic nitrogens is 2. The summed E-state index contributed by atoms with van der Waals surface area (Å²) in [4.78, 5) is 10.3. The van der Waals surface area contributed by atoms with Gasteiger partial charge in [0.2, 0.25) is 0 Å². The van der Waals surface area contributed by atoms with Gasteiger partial charge >= 0.3 is 0 Å². The average Bonchev–Trinajstić information content (AvgIpc) is 2.90. The molecule has 0 amide bonds. The Bertz CT molecular complexity index is 701. The van der Waals surface area contributed by atoms with E-state index in [0.29, 0.717) is 23.1 Å². The van der Waals surface area contributed by atoms with Gasteiger partial charge in [-0.3, -0.25) is 14.8 Å². The first-order valence-electron chi connectivity index (χ1n) is 6.35. The monoisotopic (exact) mass is 321 g/mol. The predicted molar refractivity (Wildman–Crippen MR) is 85.9 cm³/mol. The van der Waals surface area contributed by atoms with Crippen molar-refractivity contribution in [3.8, 4) is 5.75 Å². The number of nitro benzene ring substituents is 1. The third-order valence-corrected chi connectivity index (χ3v) is 3.24. The molecule has 0 unspecified atom stereocenters. The number of hydrogen-bond donors (Lipinski definition) is 2. The van der Waals surface area contributed by atoms with E-state index in [-0.39, 0.29) is 5.69 Å². The molecule has 22 heavy (non-hydrogen) atoms. The maximum atomic E-state index is 10.8. The minimum atomic E-state index is -0.481. The summed E-state index contributed by atoms with van der Waals surface area (Å²) >= 11 is 5.20. The van der Waals surface area contributed by atoms with Crippen LogP contribution in [0.2, 0.25) is 0 Å². The highest BCUT2D eigenvalue weighted by Gasteiger charge is 2.12. The summed E-state index contributed by atoms with van der Waals surface area (Å²) in [6.07, 6.45) is 1.70. The van der Waals surface area contributed by atoms with Gasteiger partial charge in [0.15, 0.2) is 5.11 Å². The van der Waals surface area contributed by atoms with Crippen LogP contribution in [0.5, 0.6) is 5.75 Å². The minimum Gasteiger partial charge on any atom is -0.494 e. The van der Waals surface area contributed by atoms with Crippen molar-refractivity contribution in [1.82, 2.24) is 15.1 Å². The standard InChI is InChI=1S/C13H15N5O3S/c1-17-10(5-6-15-17)8-14-13(22)16-11-4-3-9(18(19)20)7-12(11)21-2/h3-7H,8H2,1-2H3,(H2,14,16,22). The minimum absolute atomic E-state index is 0.0452. The van der Waals surface area contributed by atoms with Crippen LogP contribution >= 0.6 is 12.2 Å². The zero-order chi connectivity index (χ0) is 16.1. The lowest BCUT2D eigenvalue weighted by Crippen LogP contribution is -2.28. The molecule has 8 nitrogen and oxygen atoms in total. The Morgan fingerprint density at radius 3 is 2.86 bits per heavy atom. The SMILES string of the molecule is COc1cc([N+](=O)[O-])ccc1NC(=S)NCc1ccnn1C. The Labute approximate surface area is 132 Å². The van der Waals surface area contributed by atoms with Crippen LogP contribution < -0.4 is 15.4 Å². The molecule has 0 saturated carbocycles. The van der Waals surface area contributed by atoms with Gasteiger partial charge in [-0.2, -0.15) is 5.10 Å². The van der Waals surface area contributed by atoms with Crippen molar-refractivity contribution in [1.29, 1.82) is 0 Å². The first-order valence-corrected chi connectivity index (χ1v) is 6.76. The van der Waals surface area contributed by atoms with E-state index < -0.39 is 4.92 Å². The van der Waals surface area contributed by atoms with E-state index in [1.54, 1.807) is 16.9 Å². The average molecular weight is 321 g/mol. The van der Waals surface area contributed by atoms with Crippen LogP contribution in [0, 0.1) is 10.1 Å². The molecule has 0 fully saturated rings. The van der Waals surface area contributed by atoms with Gasteiger partial charge < -0.3 is 15.4 Å². The molecule has 0 bridgehead atoms. The number of hydrogen-bond acceptors (Lipinski definition) is 5. The fourth-order valence-electron chi connectivity index (χ4n) is 1.81. The quantitative estimate of drug-likeness (QED) is 0.493. The summed E-state index contributed by atoms with van der Waals surface area (Å²) in [6, 6.07) is 6.15. The van der Waals surface area contributed by atoms with Gasteiger partial charge in [-0.1, -0.05) is 0 Å². The molecule has 0 radical (unpaired) electrons. The number of ether oxygens (including phenoxy) is 1. The van der Waals surface area contributed by atoms with Crippen LogP contribution in [0.3, 0.4) is 0 Å². The van der Waals surface area contributed by atoms with Crippen LogP contribution in [0.1, 0.15) is 5.69 Å². The second kappa shape index (κ2) is 6.85. The van der Waals surface area contributed by atoms with Crippen molar-refractivity contribution in [2.24, 2.45) is 7.05 Å². The van der Waals surface area contributed by atoms with Crippen molar-refractivity contribution < 1.29 is 9.66 Å². The number of rotatable bonds is 5. The van der Waals surface area contributed by atoms with Gasteiger partial charge in [0, 0.05) is 19.3 Å². The third kappa shape index (κ3) is 3.70. The van der Waals surface area contributed by atoms with Gasteiger partial charge in [0.05, 0.1) is 36.0 Å². The Morgan fingerprint density at radius 2 is 2.27 bits per heavy atom. The zero-order valence-corrected chi connectivity index (χ0v) is 12.9. The highest BCUT2D eigenvalue weighted by molar-refractivity contribution is 7.80. The van der Waals surface area contributed by atoms with Crippen LogP contribution in [0.15, 0.2) is 30.5 Å². The van der Waals surface area contributed by atoms with Gasteiger partial charge in [-0.15, -0.1) is 0 Å². The number of nitro groups is 1. The van der Waals surface area contributed by atoms with Gasteiger partial charge in [0.1, 0.15) is 5.75 Å². The van der Waals surface area contributed by atoms with Crippen molar-refractivity contribution >= 4 is 28.7 Å². The molecule has 116 valence electrons. The molecule has 0 aliphatic carbocycles. The maximum Gasteiger partial charge on any atom is 0.273 e. The summed E-state index contributed by atoms with van der Waals surface area (Å²) in [5.41, 5.74) is 1.48. The molecule has 1 heterocycles. The Hall–Kier alpha value is -2.68. The van der Waals surface area contributed by atoms with E-state index in [4.69, 9.17) is 17.0 Å². The van der Waals surface area contributed by atoms with Crippen LogP contribution in [0.25, 0.3) is 0 Å². The summed E-state index contributed by atoms with van der Waals surface area (Å²) in [6.45, 7) is 0.512. The van der Waals surface area contributed by atoms with Crippen LogP contribution in [-0.4, -0.2) is 26.9 Å². The fourth-order valence-corrected chi connectivity index (χ4v) is 1.99. The number of aryl methyl sites for hydroxylation is 1. The molecule has 0 atom stereocenters. The molecule has 0 saturated heterocycles. The highest BCUT2D eigenvalue weighted by Crippen LogP contribution is 2.28. The number of thiocarbonyl (C=S) groups is 1. The Balaban J connectivity index is 2.02. The Kier molecular flexibility index (Phi) is 4.89. The number of anilines is 1. The number of benzene rings is 1. The third-order valence-electron chi connectivity index (χ3n) is 3.00. The smallest absolute Gasteiger partial charge is 0.273 e. The van der Waals surface area contributed by atoms with Gasteiger partial charge in [0.25, 0.3) is 5.69 Å². The van der Waals surface area contributed by atoms with E-state index >= 15 is 0 Å². The highest BCUT2D eigenvalue weighted by atomic mass is 32.1. The molecule has 2 N–H and O–H groups in total. The fraction of sp³-hybridized carbons (Fsp3) is 0.231. The number of nitrogens with one attached hydrogen (secondary N) is 2. The molecule has 2 aromatic rings. The van der Waals surface area contributed by atoms with E-state index in [2.05, 4.69) is 15.7 Å². The van der Waals surface area contributed by atoms with Crippen molar-refractivity contribution in [3.05, 3.63) is 46.3 Å². The summed E-state index contributed by atoms with van der Waals surface area (Å²) in [5, 5.41) is 21.2. The number of non-ortho nitro benzene ring substituents is 1. The van der Waals surface area contributed by atoms with Crippen LogP contribution in [-0.2, 0) is 13.6 Å². The van der Waals surface area contributed by atoms with Crippen molar-refractivity contribution in [2.75, 3.05) is 12.4 Å². The molecule has 0 aliphatic rings. The van der Waals surface area contributed by atoms with E-state index in [1.165, 1.54) is 19.2 Å². The zero-order valence-electron chi connectivity index (χ0n) is 12.1. The molecular weight excluding hydrogens is 306 g/mol. The lowest BCUT2D eigenvalue weighted by molar-refractivity contribution is -0.384. The molecule has 1 aromatic carbocycles. The number of nitrogens with zero attached hydrogens (tertiary/aromatic N) is 3. The molecule has 1 aromatic heterocycles. The summed E-state index contributed by atoms with van der Waals surface area (Å²) in [7, 11) is 3.28. The molecule has 9 heteroatoms. The molecule has 0 spiro atoms. The predicted octanol–water partition coefficient (Wildman–Crippen LogP) is 1.82. The molecule has 0 aliphatic heterocycles. The lowest BCUT2D eigenvalue weighted by Gasteiger charge is -2.13. The topological polar surface area (TPSA) is 94.2 Å². The van der Waals surface area contributed by atoms with Crippen molar-refractivity contribution in [2.45, 2.75) is 6.54 Å². The molecular formula is C13H15N5O3S. The van der Waals surface area contributed by atoms with Crippen LogP contribution in [0.4, 0.5) is 11.4 Å².